The fourth-order valence-electron chi connectivity index (χ4n) is 4.37. The maximum absolute atomic E-state index is 13.9. The van der Waals surface area contributed by atoms with Crippen molar-refractivity contribution in [2.75, 3.05) is 0 Å². The van der Waals surface area contributed by atoms with Crippen molar-refractivity contribution in [2.24, 2.45) is 0 Å². The third-order valence-electron chi connectivity index (χ3n) is 5.86. The minimum Gasteiger partial charge on any atom is -0.248 e. The highest BCUT2D eigenvalue weighted by Crippen LogP contribution is 2.49. The van der Waals surface area contributed by atoms with Crippen LogP contribution in [0.4, 0.5) is 4.39 Å². The summed E-state index contributed by atoms with van der Waals surface area (Å²) in [5, 5.41) is 1.19. The molecule has 5 rings (SSSR count). The van der Waals surface area contributed by atoms with Crippen LogP contribution in [0.3, 0.4) is 0 Å². The molecule has 27 heavy (non-hydrogen) atoms. The molecular weight excluding hydrogens is 333 g/mol. The number of aryl methyl sites for hydroxylation is 1. The summed E-state index contributed by atoms with van der Waals surface area (Å²) in [6, 6.07) is 22.0. The third kappa shape index (κ3) is 2.33. The highest BCUT2D eigenvalue weighted by molar-refractivity contribution is 5.87. The van der Waals surface area contributed by atoms with Crippen molar-refractivity contribution >= 4 is 10.9 Å². The normalized spacial score (nSPS) is 14.2. The van der Waals surface area contributed by atoms with Gasteiger partial charge in [0, 0.05) is 16.4 Å². The van der Waals surface area contributed by atoms with E-state index in [2.05, 4.69) is 57.2 Å². The van der Waals surface area contributed by atoms with E-state index >= 15 is 0 Å². The summed E-state index contributed by atoms with van der Waals surface area (Å²) in [5.74, 6) is -0.179. The predicted molar refractivity (Wildman–Crippen MR) is 109 cm³/mol. The lowest BCUT2D eigenvalue weighted by atomic mass is 9.82. The van der Waals surface area contributed by atoms with Crippen molar-refractivity contribution in [2.45, 2.75) is 26.2 Å². The number of pyridine rings is 1. The molecule has 0 unspecified atom stereocenters. The van der Waals surface area contributed by atoms with Gasteiger partial charge in [0.25, 0.3) is 0 Å². The van der Waals surface area contributed by atoms with Crippen LogP contribution in [0.2, 0.25) is 0 Å². The van der Waals surface area contributed by atoms with Gasteiger partial charge in [0.15, 0.2) is 0 Å². The van der Waals surface area contributed by atoms with Crippen LogP contribution in [0.1, 0.15) is 30.5 Å². The Morgan fingerprint density at radius 2 is 1.52 bits per heavy atom. The van der Waals surface area contributed by atoms with E-state index in [4.69, 9.17) is 4.98 Å². The fraction of sp³-hybridized carbons (Fsp3) is 0.160. The van der Waals surface area contributed by atoms with Gasteiger partial charge in [-0.05, 0) is 65.1 Å². The van der Waals surface area contributed by atoms with Gasteiger partial charge in [-0.2, -0.15) is 0 Å². The van der Waals surface area contributed by atoms with Crippen LogP contribution < -0.4 is 0 Å². The second kappa shape index (κ2) is 5.50. The van der Waals surface area contributed by atoms with Crippen LogP contribution in [0.25, 0.3) is 33.3 Å². The van der Waals surface area contributed by atoms with E-state index in [0.29, 0.717) is 0 Å². The zero-order valence-corrected chi connectivity index (χ0v) is 15.7. The molecule has 0 saturated carbocycles. The molecule has 0 fully saturated rings. The topological polar surface area (TPSA) is 12.9 Å². The van der Waals surface area contributed by atoms with E-state index < -0.39 is 0 Å². The standard InChI is InChI=1S/C25H20FN/c1-15-12-24(27-23-7-5-4-6-18(15)23)16-8-10-19-20-11-9-17(26)14-22(20)25(2,3)21(19)13-16/h4-14H,1-3H3. The van der Waals surface area contributed by atoms with Crippen LogP contribution in [-0.2, 0) is 5.41 Å². The average molecular weight is 353 g/mol. The van der Waals surface area contributed by atoms with Crippen molar-refractivity contribution in [1.29, 1.82) is 0 Å². The number of para-hydroxylation sites is 1. The number of halogens is 1. The molecule has 0 spiro atoms. The first-order valence-electron chi connectivity index (χ1n) is 9.27. The van der Waals surface area contributed by atoms with Gasteiger partial charge in [-0.3, -0.25) is 0 Å². The maximum atomic E-state index is 13.9. The summed E-state index contributed by atoms with van der Waals surface area (Å²) in [6.07, 6.45) is 0. The Balaban J connectivity index is 1.71. The Morgan fingerprint density at radius 1 is 0.815 bits per heavy atom. The number of hydrogen-bond acceptors (Lipinski definition) is 1. The van der Waals surface area contributed by atoms with Crippen molar-refractivity contribution < 1.29 is 4.39 Å². The smallest absolute Gasteiger partial charge is 0.123 e. The Kier molecular flexibility index (Phi) is 3.30. The highest BCUT2D eigenvalue weighted by atomic mass is 19.1. The molecule has 3 aromatic carbocycles. The molecule has 0 N–H and O–H groups in total. The number of aromatic nitrogens is 1. The number of benzene rings is 3. The molecule has 0 radical (unpaired) electrons. The Labute approximate surface area is 158 Å². The predicted octanol–water partition coefficient (Wildman–Crippen LogP) is 6.66. The van der Waals surface area contributed by atoms with Gasteiger partial charge in [0.05, 0.1) is 11.2 Å². The second-order valence-corrected chi connectivity index (χ2v) is 7.92. The Bertz CT molecular complexity index is 1220. The van der Waals surface area contributed by atoms with E-state index in [1.54, 1.807) is 12.1 Å². The number of hydrogen-bond donors (Lipinski definition) is 0. The molecule has 0 atom stereocenters. The molecular formula is C25H20FN. The molecule has 1 nitrogen and oxygen atoms in total. The van der Waals surface area contributed by atoms with E-state index in [-0.39, 0.29) is 11.2 Å². The van der Waals surface area contributed by atoms with Gasteiger partial charge >= 0.3 is 0 Å². The molecule has 1 heterocycles. The lowest BCUT2D eigenvalue weighted by Crippen LogP contribution is -2.15. The second-order valence-electron chi connectivity index (χ2n) is 7.92. The monoisotopic (exact) mass is 353 g/mol. The SMILES string of the molecule is Cc1cc(-c2ccc3c(c2)C(C)(C)c2cc(F)ccc2-3)nc2ccccc12. The minimum atomic E-state index is -0.228. The summed E-state index contributed by atoms with van der Waals surface area (Å²) in [5.41, 5.74) is 8.69. The van der Waals surface area contributed by atoms with Gasteiger partial charge in [-0.25, -0.2) is 9.37 Å². The van der Waals surface area contributed by atoms with Gasteiger partial charge in [-0.1, -0.05) is 50.2 Å². The van der Waals surface area contributed by atoms with E-state index in [1.165, 1.54) is 22.1 Å². The number of nitrogens with zero attached hydrogens (tertiary/aromatic N) is 1. The lowest BCUT2D eigenvalue weighted by molar-refractivity contribution is 0.609. The minimum absolute atomic E-state index is 0.179. The van der Waals surface area contributed by atoms with Crippen molar-refractivity contribution in [3.8, 4) is 22.4 Å². The molecule has 1 aliphatic rings. The first-order valence-corrected chi connectivity index (χ1v) is 9.27. The molecule has 1 aromatic heterocycles. The highest BCUT2D eigenvalue weighted by Gasteiger charge is 2.35. The largest absolute Gasteiger partial charge is 0.248 e. The van der Waals surface area contributed by atoms with Crippen LogP contribution in [-0.4, -0.2) is 4.98 Å². The van der Waals surface area contributed by atoms with Gasteiger partial charge in [-0.15, -0.1) is 0 Å². The molecule has 0 saturated heterocycles. The fourth-order valence-corrected chi connectivity index (χ4v) is 4.37. The van der Waals surface area contributed by atoms with Gasteiger partial charge in [0.2, 0.25) is 0 Å². The van der Waals surface area contributed by atoms with E-state index in [1.807, 2.05) is 18.2 Å². The summed E-state index contributed by atoms with van der Waals surface area (Å²) in [7, 11) is 0. The molecule has 0 bridgehead atoms. The van der Waals surface area contributed by atoms with E-state index in [0.717, 1.165) is 27.9 Å². The van der Waals surface area contributed by atoms with Gasteiger partial charge in [0.1, 0.15) is 5.82 Å². The summed E-state index contributed by atoms with van der Waals surface area (Å²) < 4.78 is 13.9. The molecule has 0 aliphatic heterocycles. The number of fused-ring (bicyclic) bond motifs is 4. The zero-order valence-electron chi connectivity index (χ0n) is 15.7. The summed E-state index contributed by atoms with van der Waals surface area (Å²) >= 11 is 0. The molecule has 132 valence electrons. The molecule has 0 amide bonds. The van der Waals surface area contributed by atoms with Crippen LogP contribution in [0, 0.1) is 12.7 Å². The molecule has 4 aromatic rings. The summed E-state index contributed by atoms with van der Waals surface area (Å²) in [4.78, 5) is 4.88. The summed E-state index contributed by atoms with van der Waals surface area (Å²) in [6.45, 7) is 6.46. The number of rotatable bonds is 1. The first kappa shape index (κ1) is 16.2. The average Bonchev–Trinajstić information content (AvgIpc) is 2.88. The molecule has 1 aliphatic carbocycles. The quantitative estimate of drug-likeness (QED) is 0.373. The van der Waals surface area contributed by atoms with Crippen LogP contribution >= 0.6 is 0 Å². The lowest BCUT2D eigenvalue weighted by Gasteiger charge is -2.22. The van der Waals surface area contributed by atoms with Crippen LogP contribution in [0.15, 0.2) is 66.7 Å². The maximum Gasteiger partial charge on any atom is 0.123 e. The Morgan fingerprint density at radius 3 is 2.33 bits per heavy atom. The molecule has 2 heteroatoms. The van der Waals surface area contributed by atoms with Crippen molar-refractivity contribution in [3.63, 3.8) is 0 Å². The Hall–Kier alpha value is -3.00. The van der Waals surface area contributed by atoms with E-state index in [9.17, 15) is 4.39 Å². The zero-order chi connectivity index (χ0) is 18.8. The van der Waals surface area contributed by atoms with Crippen LogP contribution in [0.5, 0.6) is 0 Å². The van der Waals surface area contributed by atoms with Crippen molar-refractivity contribution in [3.05, 3.63) is 89.2 Å². The third-order valence-corrected chi connectivity index (χ3v) is 5.86. The van der Waals surface area contributed by atoms with Gasteiger partial charge < -0.3 is 0 Å². The first-order chi connectivity index (χ1) is 12.9. The van der Waals surface area contributed by atoms with Crippen molar-refractivity contribution in [1.82, 2.24) is 4.98 Å².